The number of allylic oxidation sites excluding steroid dienone is 4. The minimum absolute atomic E-state index is 0.296. The van der Waals surface area contributed by atoms with Crippen LogP contribution in [0.1, 0.15) is 47.0 Å². The Labute approximate surface area is 99.6 Å². The highest BCUT2D eigenvalue weighted by molar-refractivity contribution is 5.81. The topological polar surface area (TPSA) is 17.1 Å². The molecule has 1 fully saturated rings. The summed E-state index contributed by atoms with van der Waals surface area (Å²) in [5.74, 6) is 1.83. The van der Waals surface area contributed by atoms with Gasteiger partial charge in [-0.3, -0.25) is 4.79 Å². The number of carbonyl (C=O) groups is 1. The molecule has 3 atom stereocenters. The van der Waals surface area contributed by atoms with E-state index in [1.165, 1.54) is 12.0 Å². The first kappa shape index (κ1) is 13.2. The van der Waals surface area contributed by atoms with Crippen LogP contribution >= 0.6 is 0 Å². The number of hydrogen-bond acceptors (Lipinski definition) is 1. The van der Waals surface area contributed by atoms with Crippen LogP contribution in [0.5, 0.6) is 0 Å². The summed E-state index contributed by atoms with van der Waals surface area (Å²) < 4.78 is 0. The van der Waals surface area contributed by atoms with Gasteiger partial charge in [0.25, 0.3) is 0 Å². The average molecular weight is 220 g/mol. The molecule has 0 radical (unpaired) electrons. The molecule has 0 amide bonds. The Balaban J connectivity index is 2.49. The van der Waals surface area contributed by atoms with Gasteiger partial charge < -0.3 is 0 Å². The fourth-order valence-electron chi connectivity index (χ4n) is 2.22. The molecule has 0 aromatic heterocycles. The summed E-state index contributed by atoms with van der Waals surface area (Å²) in [6.07, 6.45) is 9.55. The summed E-state index contributed by atoms with van der Waals surface area (Å²) in [4.78, 5) is 11.7. The Bertz CT molecular complexity index is 295. The lowest BCUT2D eigenvalue weighted by molar-refractivity contribution is -0.125. The van der Waals surface area contributed by atoms with E-state index >= 15 is 0 Å². The summed E-state index contributed by atoms with van der Waals surface area (Å²) in [5.41, 5.74) is 1.32. The third kappa shape index (κ3) is 3.96. The molecule has 0 bridgehead atoms. The molecule has 90 valence electrons. The van der Waals surface area contributed by atoms with Crippen molar-refractivity contribution in [1.29, 1.82) is 0 Å². The average Bonchev–Trinajstić information content (AvgIpc) is 2.21. The molecule has 1 aliphatic rings. The smallest absolute Gasteiger partial charge is 0.135 e. The number of ketones is 1. The van der Waals surface area contributed by atoms with E-state index in [1.807, 2.05) is 0 Å². The normalized spacial score (nSPS) is 28.1. The molecular formula is C15H24O. The van der Waals surface area contributed by atoms with Crippen molar-refractivity contribution >= 4 is 5.78 Å². The van der Waals surface area contributed by atoms with E-state index in [2.05, 4.69) is 45.9 Å². The second kappa shape index (κ2) is 6.03. The molecule has 3 unspecified atom stereocenters. The quantitative estimate of drug-likeness (QED) is 0.653. The molecule has 0 heterocycles. The van der Waals surface area contributed by atoms with E-state index < -0.39 is 0 Å². The predicted octanol–water partition coefficient (Wildman–Crippen LogP) is 4.15. The zero-order valence-corrected chi connectivity index (χ0v) is 11.0. The number of Topliss-reactive ketones (excluding diaryl/α,β-unsaturated/α-hetero) is 1. The van der Waals surface area contributed by atoms with E-state index in [4.69, 9.17) is 0 Å². The Morgan fingerprint density at radius 1 is 1.38 bits per heavy atom. The highest BCUT2D eigenvalue weighted by Crippen LogP contribution is 2.31. The maximum Gasteiger partial charge on any atom is 0.135 e. The lowest BCUT2D eigenvalue weighted by Gasteiger charge is -2.28. The summed E-state index contributed by atoms with van der Waals surface area (Å²) >= 11 is 0. The molecule has 1 aliphatic carbocycles. The van der Waals surface area contributed by atoms with Crippen molar-refractivity contribution in [3.8, 4) is 0 Å². The van der Waals surface area contributed by atoms with Crippen LogP contribution in [0.2, 0.25) is 0 Å². The Kier molecular flexibility index (Phi) is 4.98. The van der Waals surface area contributed by atoms with Crippen LogP contribution in [0.3, 0.4) is 0 Å². The van der Waals surface area contributed by atoms with Gasteiger partial charge >= 0.3 is 0 Å². The van der Waals surface area contributed by atoms with Gasteiger partial charge in [-0.2, -0.15) is 0 Å². The van der Waals surface area contributed by atoms with Crippen molar-refractivity contribution < 1.29 is 4.79 Å². The fourth-order valence-corrected chi connectivity index (χ4v) is 2.22. The summed E-state index contributed by atoms with van der Waals surface area (Å²) in [7, 11) is 0. The minimum atomic E-state index is 0.296. The van der Waals surface area contributed by atoms with Gasteiger partial charge in [0, 0.05) is 12.3 Å². The van der Waals surface area contributed by atoms with Gasteiger partial charge in [0.1, 0.15) is 5.78 Å². The largest absolute Gasteiger partial charge is 0.299 e. The molecule has 0 spiro atoms. The lowest BCUT2D eigenvalue weighted by atomic mass is 9.76. The highest BCUT2D eigenvalue weighted by Gasteiger charge is 2.27. The van der Waals surface area contributed by atoms with Crippen LogP contribution in [0, 0.1) is 17.8 Å². The fraction of sp³-hybridized carbons (Fsp3) is 0.667. The Morgan fingerprint density at radius 3 is 2.62 bits per heavy atom. The molecule has 0 saturated heterocycles. The van der Waals surface area contributed by atoms with Crippen LogP contribution in [-0.4, -0.2) is 5.78 Å². The molecule has 1 nitrogen and oxygen atoms in total. The third-order valence-corrected chi connectivity index (χ3v) is 3.57. The molecule has 1 heteroatoms. The van der Waals surface area contributed by atoms with E-state index in [0.717, 1.165) is 12.8 Å². The molecule has 1 rings (SSSR count). The Hall–Kier alpha value is -0.850. The van der Waals surface area contributed by atoms with Crippen LogP contribution in [0.4, 0.5) is 0 Å². The molecule has 0 aliphatic heterocycles. The monoisotopic (exact) mass is 220 g/mol. The highest BCUT2D eigenvalue weighted by atomic mass is 16.1. The van der Waals surface area contributed by atoms with Gasteiger partial charge in [-0.05, 0) is 38.5 Å². The first-order chi connectivity index (χ1) is 7.50. The van der Waals surface area contributed by atoms with Crippen molar-refractivity contribution in [3.05, 3.63) is 23.8 Å². The number of carbonyl (C=O) groups excluding carboxylic acids is 1. The molecule has 0 aromatic carbocycles. The van der Waals surface area contributed by atoms with E-state index in [-0.39, 0.29) is 0 Å². The zero-order valence-electron chi connectivity index (χ0n) is 11.0. The van der Waals surface area contributed by atoms with Crippen LogP contribution in [-0.2, 0) is 4.79 Å². The van der Waals surface area contributed by atoms with Crippen LogP contribution in [0.25, 0.3) is 0 Å². The summed E-state index contributed by atoms with van der Waals surface area (Å²) in [6, 6.07) is 0. The van der Waals surface area contributed by atoms with Crippen molar-refractivity contribution in [2.75, 3.05) is 0 Å². The van der Waals surface area contributed by atoms with E-state index in [9.17, 15) is 4.79 Å². The van der Waals surface area contributed by atoms with Crippen molar-refractivity contribution in [1.82, 2.24) is 0 Å². The van der Waals surface area contributed by atoms with E-state index in [0.29, 0.717) is 23.5 Å². The van der Waals surface area contributed by atoms with Crippen LogP contribution in [0.15, 0.2) is 23.8 Å². The predicted molar refractivity (Wildman–Crippen MR) is 69.2 cm³/mol. The van der Waals surface area contributed by atoms with Crippen molar-refractivity contribution in [2.45, 2.75) is 47.0 Å². The van der Waals surface area contributed by atoms with Gasteiger partial charge in [0.05, 0.1) is 0 Å². The Morgan fingerprint density at radius 2 is 2.06 bits per heavy atom. The molecule has 0 N–H and O–H groups in total. The molecular weight excluding hydrogens is 196 g/mol. The second-order valence-electron chi connectivity index (χ2n) is 5.40. The summed E-state index contributed by atoms with van der Waals surface area (Å²) in [6.45, 7) is 8.48. The molecule has 1 saturated carbocycles. The number of rotatable bonds is 3. The summed E-state index contributed by atoms with van der Waals surface area (Å²) in [5, 5.41) is 0. The minimum Gasteiger partial charge on any atom is -0.299 e. The van der Waals surface area contributed by atoms with Gasteiger partial charge in [-0.1, -0.05) is 37.6 Å². The maximum atomic E-state index is 11.7. The van der Waals surface area contributed by atoms with Crippen molar-refractivity contribution in [3.63, 3.8) is 0 Å². The number of hydrogen-bond donors (Lipinski definition) is 0. The van der Waals surface area contributed by atoms with Gasteiger partial charge in [0.2, 0.25) is 0 Å². The van der Waals surface area contributed by atoms with Crippen LogP contribution < -0.4 is 0 Å². The van der Waals surface area contributed by atoms with Gasteiger partial charge in [0.15, 0.2) is 0 Å². The maximum absolute atomic E-state index is 11.7. The van der Waals surface area contributed by atoms with Crippen molar-refractivity contribution in [2.24, 2.45) is 17.8 Å². The molecule has 0 aromatic rings. The molecule has 16 heavy (non-hydrogen) atoms. The third-order valence-electron chi connectivity index (χ3n) is 3.57. The van der Waals surface area contributed by atoms with E-state index in [1.54, 1.807) is 0 Å². The van der Waals surface area contributed by atoms with Gasteiger partial charge in [-0.15, -0.1) is 0 Å². The SMILES string of the molecule is CC(C)=C/C=C/C(C)C1CCC(C)C(=O)C1. The zero-order chi connectivity index (χ0) is 12.1. The second-order valence-corrected chi connectivity index (χ2v) is 5.40. The standard InChI is InChI=1S/C15H24O/c1-11(2)6-5-7-12(3)14-9-8-13(4)15(16)10-14/h5-7,12-14H,8-10H2,1-4H3/b7-5+. The first-order valence-electron chi connectivity index (χ1n) is 6.35. The van der Waals surface area contributed by atoms with Gasteiger partial charge in [-0.25, -0.2) is 0 Å². The lowest BCUT2D eigenvalue weighted by Crippen LogP contribution is -2.25. The first-order valence-corrected chi connectivity index (χ1v) is 6.35.